The van der Waals surface area contributed by atoms with Crippen LogP contribution >= 0.6 is 23.8 Å². The molecule has 138 valence electrons. The Labute approximate surface area is 157 Å². The summed E-state index contributed by atoms with van der Waals surface area (Å²) in [6, 6.07) is -1.06. The summed E-state index contributed by atoms with van der Waals surface area (Å²) in [6.07, 6.45) is 0.710. The van der Waals surface area contributed by atoms with Gasteiger partial charge in [-0.15, -0.1) is 0 Å². The van der Waals surface area contributed by atoms with E-state index in [1.54, 1.807) is 6.92 Å². The van der Waals surface area contributed by atoms with E-state index in [9.17, 15) is 9.90 Å². The Morgan fingerprint density at radius 1 is 0.909 bits per heavy atom. The van der Waals surface area contributed by atoms with Gasteiger partial charge in [-0.3, -0.25) is 0 Å². The molecule has 0 amide bonds. The van der Waals surface area contributed by atoms with E-state index in [1.807, 2.05) is 6.92 Å². The van der Waals surface area contributed by atoms with E-state index in [4.69, 9.17) is 5.73 Å². The van der Waals surface area contributed by atoms with Crippen LogP contribution in [-0.2, 0) is 24.9 Å². The maximum atomic E-state index is 10.0. The summed E-state index contributed by atoms with van der Waals surface area (Å²) < 4.78 is 0. The molecule has 0 heterocycles. The van der Waals surface area contributed by atoms with Gasteiger partial charge >= 0.3 is 20.1 Å². The van der Waals surface area contributed by atoms with Gasteiger partial charge in [0.2, 0.25) is 0 Å². The number of hydrogen-bond donors (Lipinski definition) is 0. The Balaban J connectivity index is -0.0000000632. The first kappa shape index (κ1) is 34.7. The molecule has 0 aliphatic rings. The smallest absolute Gasteiger partial charge is 0.670 e. The second-order valence-electron chi connectivity index (χ2n) is 6.68. The second-order valence-corrected chi connectivity index (χ2v) is 15.7. The van der Waals surface area contributed by atoms with Crippen LogP contribution in [0.2, 0.25) is 0 Å². The molecule has 0 saturated heterocycles. The minimum atomic E-state index is -1.27. The minimum absolute atomic E-state index is 0. The molecule has 0 rings (SSSR count). The van der Waals surface area contributed by atoms with Crippen LogP contribution in [0.25, 0.3) is 5.73 Å². The third kappa shape index (κ3) is 68.6. The predicted molar refractivity (Wildman–Crippen MR) is 111 cm³/mol. The van der Waals surface area contributed by atoms with Crippen LogP contribution in [0, 0.1) is 5.92 Å². The van der Waals surface area contributed by atoms with Crippen molar-refractivity contribution in [2.24, 2.45) is 5.92 Å². The van der Waals surface area contributed by atoms with Crippen molar-refractivity contribution >= 4 is 29.7 Å². The molecule has 22 heavy (non-hydrogen) atoms. The van der Waals surface area contributed by atoms with Gasteiger partial charge in [0.15, 0.2) is 0 Å². The Morgan fingerprint density at radius 3 is 1.14 bits per heavy atom. The summed E-state index contributed by atoms with van der Waals surface area (Å²) in [4.78, 5) is 10.0. The van der Waals surface area contributed by atoms with Gasteiger partial charge in [-0.25, -0.2) is 0 Å². The summed E-state index contributed by atoms with van der Waals surface area (Å²) in [6.45, 7) is 24.0. The first-order valence-electron chi connectivity index (χ1n) is 7.51. The van der Waals surface area contributed by atoms with Crippen LogP contribution in [-0.4, -0.2) is 72.0 Å². The quantitative estimate of drug-likeness (QED) is 0.504. The van der Waals surface area contributed by atoms with Crippen LogP contribution < -0.4 is 5.11 Å². The van der Waals surface area contributed by atoms with Crippen molar-refractivity contribution in [3.05, 3.63) is 5.73 Å². The molecule has 0 aromatic heterocycles. The zero-order valence-corrected chi connectivity index (χ0v) is 21.9. The fourth-order valence-corrected chi connectivity index (χ4v) is 0.468. The van der Waals surface area contributed by atoms with Crippen molar-refractivity contribution in [2.75, 3.05) is 60.0 Å². The summed E-state index contributed by atoms with van der Waals surface area (Å²) in [7, 11) is 0.361. The molecule has 2 unspecified atom stereocenters. The van der Waals surface area contributed by atoms with Crippen molar-refractivity contribution in [1.29, 1.82) is 0 Å². The summed E-state index contributed by atoms with van der Waals surface area (Å²) in [5.74, 6) is -1.38. The molecule has 0 saturated carbocycles. The maximum absolute atomic E-state index is 10.0. The predicted octanol–water partition coefficient (Wildman–Crippen LogP) is 3.47. The van der Waals surface area contributed by atoms with Crippen LogP contribution in [0.15, 0.2) is 0 Å². The molecule has 0 fully saturated rings. The number of carbonyl (C=O) groups excluding carboxylic acids is 1. The average molecular weight is 553 g/mol. The monoisotopic (exact) mass is 553 g/mol. The molecule has 0 radical (unpaired) electrons. The SMILES string of the molecule is CCC(C)C([NH-])C(=O)[O-].C[PH+](C)C.C[PH+](C)C.C[PH+](C)C.[Ir+3]. The molecule has 0 spiro atoms. The van der Waals surface area contributed by atoms with E-state index in [1.165, 1.54) is 0 Å². The van der Waals surface area contributed by atoms with Crippen molar-refractivity contribution in [1.82, 2.24) is 0 Å². The summed E-state index contributed by atoms with van der Waals surface area (Å²) >= 11 is 0. The normalized spacial score (nSPS) is 11.8. The number of carboxylic acid groups (broad SMARTS) is 1. The van der Waals surface area contributed by atoms with Gasteiger partial charge in [-0.2, -0.15) is 0 Å². The Morgan fingerprint density at radius 2 is 1.09 bits per heavy atom. The van der Waals surface area contributed by atoms with Gasteiger partial charge in [-0.05, 0) is 23.8 Å². The van der Waals surface area contributed by atoms with Crippen LogP contribution in [0.5, 0.6) is 0 Å². The van der Waals surface area contributed by atoms with Crippen molar-refractivity contribution in [2.45, 2.75) is 26.3 Å². The first-order valence-corrected chi connectivity index (χ1v) is 16.5. The van der Waals surface area contributed by atoms with E-state index >= 15 is 0 Å². The number of aliphatic carboxylic acids is 1. The molecule has 0 aliphatic heterocycles. The molecular formula is C15H41IrNO2P3+4. The van der Waals surface area contributed by atoms with Crippen LogP contribution in [0.4, 0.5) is 0 Å². The zero-order chi connectivity index (χ0) is 18.2. The average Bonchev–Trinajstić information content (AvgIpc) is 2.24. The van der Waals surface area contributed by atoms with E-state index in [-0.39, 0.29) is 49.8 Å². The largest absolute Gasteiger partial charge is 3.00 e. The summed E-state index contributed by atoms with van der Waals surface area (Å²) in [5, 5.41) is 10.0. The fourth-order valence-electron chi connectivity index (χ4n) is 0.468. The van der Waals surface area contributed by atoms with Gasteiger partial charge in [-0.1, -0.05) is 32.2 Å². The molecule has 0 aliphatic carbocycles. The minimum Gasteiger partial charge on any atom is -0.670 e. The van der Waals surface area contributed by atoms with Crippen molar-refractivity contribution in [3.8, 4) is 0 Å². The Hall–Kier alpha value is 1.37. The van der Waals surface area contributed by atoms with E-state index < -0.39 is 12.0 Å². The first-order chi connectivity index (χ1) is 9.29. The van der Waals surface area contributed by atoms with Crippen LogP contribution in [0.1, 0.15) is 20.3 Å². The van der Waals surface area contributed by atoms with Crippen LogP contribution in [0.3, 0.4) is 0 Å². The number of hydrogen-bond acceptors (Lipinski definition) is 2. The van der Waals surface area contributed by atoms with Crippen molar-refractivity contribution in [3.63, 3.8) is 0 Å². The van der Waals surface area contributed by atoms with E-state index in [2.05, 4.69) is 60.0 Å². The Kier molecular flexibility index (Phi) is 38.8. The number of carboxylic acids is 1. The molecule has 2 atom stereocenters. The molecule has 0 bridgehead atoms. The third-order valence-electron chi connectivity index (χ3n) is 1.47. The molecule has 0 aromatic carbocycles. The maximum Gasteiger partial charge on any atom is 3.00 e. The topological polar surface area (TPSA) is 63.9 Å². The van der Waals surface area contributed by atoms with E-state index in [0.29, 0.717) is 6.42 Å². The number of carbonyl (C=O) groups is 1. The molecular weight excluding hydrogens is 511 g/mol. The van der Waals surface area contributed by atoms with Gasteiger partial charge in [0, 0.05) is 66.0 Å². The zero-order valence-electron chi connectivity index (χ0n) is 16.5. The number of rotatable bonds is 3. The van der Waals surface area contributed by atoms with Crippen molar-refractivity contribution < 1.29 is 30.0 Å². The molecule has 0 aromatic rings. The molecule has 7 heteroatoms. The standard InChI is InChI=1S/C6H12NO2.3C3H9P.Ir/c1-3-4(2)5(7)6(8)9;3*1-4(2)3;/h4-5,7H,3H2,1-2H3,(H,8,9);3*1-3H3;/q-1;;;;+3/p+2. The molecule has 1 N–H and O–H groups in total. The number of nitrogens with one attached hydrogen (secondary N) is 1. The van der Waals surface area contributed by atoms with Gasteiger partial charge in [0.25, 0.3) is 0 Å². The third-order valence-corrected chi connectivity index (χ3v) is 1.47. The van der Waals surface area contributed by atoms with Gasteiger partial charge in [0.05, 0.1) is 0 Å². The second kappa shape index (κ2) is 24.6. The Bertz CT molecular complexity index is 196. The summed E-state index contributed by atoms with van der Waals surface area (Å²) in [5.41, 5.74) is 6.97. The van der Waals surface area contributed by atoms with Gasteiger partial charge < -0.3 is 15.6 Å². The fraction of sp³-hybridized carbons (Fsp3) is 0.933. The molecule has 3 nitrogen and oxygen atoms in total. The van der Waals surface area contributed by atoms with Gasteiger partial charge in [0.1, 0.15) is 0 Å². The van der Waals surface area contributed by atoms with E-state index in [0.717, 1.165) is 0 Å².